The fourth-order valence-corrected chi connectivity index (χ4v) is 2.76. The molecular formula is C15H25N. The summed E-state index contributed by atoms with van der Waals surface area (Å²) >= 11 is 0. The lowest BCUT2D eigenvalue weighted by molar-refractivity contribution is 0.238. The highest BCUT2D eigenvalue weighted by molar-refractivity contribution is 5.25. The van der Waals surface area contributed by atoms with Gasteiger partial charge in [-0.3, -0.25) is 0 Å². The van der Waals surface area contributed by atoms with Gasteiger partial charge in [0.1, 0.15) is 0 Å². The summed E-state index contributed by atoms with van der Waals surface area (Å²) in [4.78, 5) is 0. The monoisotopic (exact) mass is 219 g/mol. The first-order chi connectivity index (χ1) is 7.69. The van der Waals surface area contributed by atoms with Crippen LogP contribution in [0.2, 0.25) is 0 Å². The van der Waals surface area contributed by atoms with Gasteiger partial charge in [0.25, 0.3) is 0 Å². The van der Waals surface area contributed by atoms with Crippen LogP contribution in [0.4, 0.5) is 0 Å². The zero-order valence-corrected chi connectivity index (χ0v) is 10.9. The van der Waals surface area contributed by atoms with E-state index < -0.39 is 0 Å². The maximum absolute atomic E-state index is 6.70. The van der Waals surface area contributed by atoms with Crippen LogP contribution in [-0.2, 0) is 5.54 Å². The van der Waals surface area contributed by atoms with Crippen LogP contribution in [-0.4, -0.2) is 0 Å². The molecule has 0 heterocycles. The maximum atomic E-state index is 6.70. The molecule has 1 unspecified atom stereocenters. The molecule has 0 radical (unpaired) electrons. The Hall–Kier alpha value is -0.820. The Morgan fingerprint density at radius 3 is 2.06 bits per heavy atom. The third-order valence-electron chi connectivity index (χ3n) is 3.69. The lowest BCUT2D eigenvalue weighted by Gasteiger charge is -2.37. The molecule has 0 aliphatic carbocycles. The van der Waals surface area contributed by atoms with E-state index in [0.29, 0.717) is 5.92 Å². The average molecular weight is 219 g/mol. The molecule has 0 aliphatic rings. The Balaban J connectivity index is 3.05. The smallest absolute Gasteiger partial charge is 0.0437 e. The topological polar surface area (TPSA) is 26.0 Å². The molecule has 1 heteroatoms. The number of rotatable bonds is 6. The van der Waals surface area contributed by atoms with Gasteiger partial charge in [-0.05, 0) is 17.9 Å². The van der Waals surface area contributed by atoms with Crippen molar-refractivity contribution in [3.05, 3.63) is 35.9 Å². The van der Waals surface area contributed by atoms with E-state index in [1.165, 1.54) is 5.56 Å². The van der Waals surface area contributed by atoms with Crippen LogP contribution in [0.3, 0.4) is 0 Å². The zero-order chi connectivity index (χ0) is 12.0. The first-order valence-electron chi connectivity index (χ1n) is 6.53. The van der Waals surface area contributed by atoms with E-state index in [9.17, 15) is 0 Å². The van der Waals surface area contributed by atoms with Crippen molar-refractivity contribution in [1.82, 2.24) is 0 Å². The molecule has 1 aromatic rings. The van der Waals surface area contributed by atoms with Gasteiger partial charge < -0.3 is 5.73 Å². The van der Waals surface area contributed by atoms with Gasteiger partial charge in [-0.25, -0.2) is 0 Å². The van der Waals surface area contributed by atoms with E-state index >= 15 is 0 Å². The normalized spacial score (nSPS) is 15.1. The molecule has 1 rings (SSSR count). The molecule has 1 aromatic carbocycles. The summed E-state index contributed by atoms with van der Waals surface area (Å²) in [5.74, 6) is 0.579. The largest absolute Gasteiger partial charge is 0.321 e. The molecule has 0 amide bonds. The number of benzene rings is 1. The summed E-state index contributed by atoms with van der Waals surface area (Å²) in [5.41, 5.74) is 7.85. The van der Waals surface area contributed by atoms with Crippen LogP contribution >= 0.6 is 0 Å². The molecule has 1 nitrogen and oxygen atoms in total. The molecule has 0 aliphatic heterocycles. The highest BCUT2D eigenvalue weighted by Gasteiger charge is 2.33. The Labute approximate surface area is 100 Å². The van der Waals surface area contributed by atoms with E-state index in [0.717, 1.165) is 25.7 Å². The quantitative estimate of drug-likeness (QED) is 0.766. The summed E-state index contributed by atoms with van der Waals surface area (Å²) in [6.45, 7) is 6.70. The van der Waals surface area contributed by atoms with Crippen molar-refractivity contribution in [2.75, 3.05) is 0 Å². The lowest BCUT2D eigenvalue weighted by Crippen LogP contribution is -2.43. The standard InChI is InChI=1S/C15H25N/c1-4-12-15(16,13(5-2)6-3)14-10-8-7-9-11-14/h7-11,13H,4-6,12,16H2,1-3H3. The van der Waals surface area contributed by atoms with Gasteiger partial charge in [0, 0.05) is 5.54 Å². The van der Waals surface area contributed by atoms with Crippen LogP contribution in [0.1, 0.15) is 52.0 Å². The predicted octanol–water partition coefficient (Wildman–Crippen LogP) is 4.08. The number of nitrogens with two attached hydrogens (primary N) is 1. The average Bonchev–Trinajstić information content (AvgIpc) is 2.32. The third kappa shape index (κ3) is 2.65. The first-order valence-corrected chi connectivity index (χ1v) is 6.53. The van der Waals surface area contributed by atoms with Crippen molar-refractivity contribution in [2.45, 2.75) is 52.0 Å². The molecular weight excluding hydrogens is 194 g/mol. The fraction of sp³-hybridized carbons (Fsp3) is 0.600. The summed E-state index contributed by atoms with van der Waals surface area (Å²) < 4.78 is 0. The fourth-order valence-electron chi connectivity index (χ4n) is 2.76. The van der Waals surface area contributed by atoms with Gasteiger partial charge in [-0.15, -0.1) is 0 Å². The van der Waals surface area contributed by atoms with Crippen LogP contribution in [0.15, 0.2) is 30.3 Å². The zero-order valence-electron chi connectivity index (χ0n) is 10.9. The van der Waals surface area contributed by atoms with E-state index in [-0.39, 0.29) is 5.54 Å². The van der Waals surface area contributed by atoms with Crippen molar-refractivity contribution in [1.29, 1.82) is 0 Å². The highest BCUT2D eigenvalue weighted by Crippen LogP contribution is 2.35. The van der Waals surface area contributed by atoms with Crippen molar-refractivity contribution >= 4 is 0 Å². The molecule has 90 valence electrons. The first kappa shape index (κ1) is 13.2. The summed E-state index contributed by atoms with van der Waals surface area (Å²) in [5, 5.41) is 0. The molecule has 0 aromatic heterocycles. The van der Waals surface area contributed by atoms with E-state index in [4.69, 9.17) is 5.73 Å². The van der Waals surface area contributed by atoms with Gasteiger partial charge >= 0.3 is 0 Å². The van der Waals surface area contributed by atoms with Crippen molar-refractivity contribution < 1.29 is 0 Å². The van der Waals surface area contributed by atoms with Gasteiger partial charge in [-0.2, -0.15) is 0 Å². The van der Waals surface area contributed by atoms with Crippen LogP contribution < -0.4 is 5.73 Å². The Bertz CT molecular complexity index is 290. The van der Waals surface area contributed by atoms with Crippen molar-refractivity contribution in [3.8, 4) is 0 Å². The minimum absolute atomic E-state index is 0.139. The molecule has 0 saturated heterocycles. The molecule has 0 fully saturated rings. The summed E-state index contributed by atoms with van der Waals surface area (Å²) in [6.07, 6.45) is 4.52. The Kier molecular flexibility index (Phi) is 5.01. The minimum atomic E-state index is -0.139. The molecule has 0 spiro atoms. The predicted molar refractivity (Wildman–Crippen MR) is 71.3 cm³/mol. The minimum Gasteiger partial charge on any atom is -0.321 e. The van der Waals surface area contributed by atoms with Crippen LogP contribution in [0, 0.1) is 5.92 Å². The van der Waals surface area contributed by atoms with Crippen LogP contribution in [0.25, 0.3) is 0 Å². The maximum Gasteiger partial charge on any atom is 0.0437 e. The van der Waals surface area contributed by atoms with Crippen molar-refractivity contribution in [3.63, 3.8) is 0 Å². The summed E-state index contributed by atoms with van der Waals surface area (Å²) in [7, 11) is 0. The van der Waals surface area contributed by atoms with Crippen LogP contribution in [0.5, 0.6) is 0 Å². The molecule has 0 saturated carbocycles. The molecule has 2 N–H and O–H groups in total. The molecule has 0 bridgehead atoms. The second-order valence-electron chi connectivity index (χ2n) is 4.67. The highest BCUT2D eigenvalue weighted by atomic mass is 14.8. The molecule has 1 atom stereocenters. The molecule has 16 heavy (non-hydrogen) atoms. The Morgan fingerprint density at radius 1 is 1.06 bits per heavy atom. The van der Waals surface area contributed by atoms with E-state index in [1.54, 1.807) is 0 Å². The van der Waals surface area contributed by atoms with E-state index in [1.807, 2.05) is 0 Å². The van der Waals surface area contributed by atoms with E-state index in [2.05, 4.69) is 51.1 Å². The van der Waals surface area contributed by atoms with Gasteiger partial charge in [0.15, 0.2) is 0 Å². The summed E-state index contributed by atoms with van der Waals surface area (Å²) in [6, 6.07) is 10.6. The van der Waals surface area contributed by atoms with Gasteiger partial charge in [-0.1, -0.05) is 70.4 Å². The Morgan fingerprint density at radius 2 is 1.62 bits per heavy atom. The second-order valence-corrected chi connectivity index (χ2v) is 4.67. The SMILES string of the molecule is CCCC(N)(c1ccccc1)C(CC)CC. The number of hydrogen-bond donors (Lipinski definition) is 1. The van der Waals surface area contributed by atoms with Gasteiger partial charge in [0.05, 0.1) is 0 Å². The lowest BCUT2D eigenvalue weighted by atomic mass is 9.73. The van der Waals surface area contributed by atoms with Gasteiger partial charge in [0.2, 0.25) is 0 Å². The third-order valence-corrected chi connectivity index (χ3v) is 3.69. The van der Waals surface area contributed by atoms with Crippen molar-refractivity contribution in [2.24, 2.45) is 11.7 Å². The number of hydrogen-bond acceptors (Lipinski definition) is 1. The second kappa shape index (κ2) is 6.05.